The maximum Gasteiger partial charge on any atom is 0.360 e. The molecule has 84 valence electrons. The SMILES string of the molecule is CCCCCCC(=O)c1[nH]oc(=O)c1C. The van der Waals surface area contributed by atoms with E-state index in [9.17, 15) is 9.59 Å². The van der Waals surface area contributed by atoms with E-state index in [0.29, 0.717) is 17.7 Å². The average Bonchev–Trinajstić information content (AvgIpc) is 2.55. The van der Waals surface area contributed by atoms with Gasteiger partial charge in [0.15, 0.2) is 5.78 Å². The summed E-state index contributed by atoms with van der Waals surface area (Å²) in [5.74, 6) is -0.0329. The van der Waals surface area contributed by atoms with Crippen LogP contribution in [0.4, 0.5) is 0 Å². The van der Waals surface area contributed by atoms with Crippen LogP contribution in [-0.4, -0.2) is 10.9 Å². The van der Waals surface area contributed by atoms with Crippen LogP contribution in [-0.2, 0) is 0 Å². The zero-order valence-corrected chi connectivity index (χ0v) is 9.26. The molecule has 0 aliphatic rings. The average molecular weight is 211 g/mol. The molecule has 0 unspecified atom stereocenters. The number of Topliss-reactive ketones (excluding diaryl/α,β-unsaturated/α-hetero) is 1. The summed E-state index contributed by atoms with van der Waals surface area (Å²) in [6.07, 6.45) is 4.71. The van der Waals surface area contributed by atoms with Gasteiger partial charge in [-0.1, -0.05) is 26.2 Å². The number of carbonyl (C=O) groups is 1. The number of aromatic amines is 1. The lowest BCUT2D eigenvalue weighted by Gasteiger charge is -1.98. The first-order valence-electron chi connectivity index (χ1n) is 5.38. The first-order valence-corrected chi connectivity index (χ1v) is 5.38. The van der Waals surface area contributed by atoms with Gasteiger partial charge in [0.05, 0.1) is 5.56 Å². The predicted octanol–water partition coefficient (Wildman–Crippen LogP) is 2.43. The number of unbranched alkanes of at least 4 members (excludes halogenated alkanes) is 3. The van der Waals surface area contributed by atoms with Crippen molar-refractivity contribution in [2.24, 2.45) is 0 Å². The standard InChI is InChI=1S/C11H17NO3/c1-3-4-5-6-7-9(13)10-8(2)11(14)15-12-10/h12H,3-7H2,1-2H3. The Morgan fingerprint density at radius 2 is 2.07 bits per heavy atom. The topological polar surface area (TPSA) is 63.1 Å². The highest BCUT2D eigenvalue weighted by Crippen LogP contribution is 2.08. The van der Waals surface area contributed by atoms with Gasteiger partial charge in [-0.3, -0.25) is 4.79 Å². The number of aromatic nitrogens is 1. The molecule has 0 aliphatic heterocycles. The fourth-order valence-corrected chi connectivity index (χ4v) is 1.46. The molecule has 0 saturated carbocycles. The highest BCUT2D eigenvalue weighted by atomic mass is 16.5. The van der Waals surface area contributed by atoms with Gasteiger partial charge in [0.1, 0.15) is 5.69 Å². The monoisotopic (exact) mass is 211 g/mol. The lowest BCUT2D eigenvalue weighted by atomic mass is 10.1. The van der Waals surface area contributed by atoms with Crippen LogP contribution < -0.4 is 5.63 Å². The van der Waals surface area contributed by atoms with E-state index >= 15 is 0 Å². The van der Waals surface area contributed by atoms with Crippen LogP contribution in [0.25, 0.3) is 0 Å². The van der Waals surface area contributed by atoms with Gasteiger partial charge >= 0.3 is 5.63 Å². The van der Waals surface area contributed by atoms with E-state index in [0.717, 1.165) is 25.7 Å². The number of H-pyrrole nitrogens is 1. The van der Waals surface area contributed by atoms with Crippen LogP contribution in [0.2, 0.25) is 0 Å². The summed E-state index contributed by atoms with van der Waals surface area (Å²) < 4.78 is 4.54. The van der Waals surface area contributed by atoms with Gasteiger partial charge in [-0.05, 0) is 13.3 Å². The number of hydrogen-bond acceptors (Lipinski definition) is 3. The molecule has 0 saturated heterocycles. The molecule has 0 aliphatic carbocycles. The van der Waals surface area contributed by atoms with E-state index in [4.69, 9.17) is 0 Å². The summed E-state index contributed by atoms with van der Waals surface area (Å²) >= 11 is 0. The van der Waals surface area contributed by atoms with Crippen LogP contribution in [0.5, 0.6) is 0 Å². The van der Waals surface area contributed by atoms with E-state index in [1.807, 2.05) is 0 Å². The summed E-state index contributed by atoms with van der Waals surface area (Å²) in [6.45, 7) is 3.72. The number of ketones is 1. The normalized spacial score (nSPS) is 10.5. The molecule has 1 N–H and O–H groups in total. The molecule has 0 bridgehead atoms. The molecule has 1 aromatic heterocycles. The molecule has 1 aromatic rings. The van der Waals surface area contributed by atoms with Gasteiger partial charge in [0.2, 0.25) is 0 Å². The van der Waals surface area contributed by atoms with Gasteiger partial charge in [0, 0.05) is 6.42 Å². The number of rotatable bonds is 6. The number of hydrogen-bond donors (Lipinski definition) is 1. The van der Waals surface area contributed by atoms with Crippen molar-refractivity contribution in [3.8, 4) is 0 Å². The zero-order chi connectivity index (χ0) is 11.3. The van der Waals surface area contributed by atoms with Crippen molar-refractivity contribution in [3.05, 3.63) is 21.7 Å². The highest BCUT2D eigenvalue weighted by Gasteiger charge is 2.14. The maximum atomic E-state index is 11.6. The molecule has 0 radical (unpaired) electrons. The van der Waals surface area contributed by atoms with Crippen LogP contribution in [0.1, 0.15) is 55.1 Å². The van der Waals surface area contributed by atoms with E-state index in [1.54, 1.807) is 6.92 Å². The predicted molar refractivity (Wildman–Crippen MR) is 57.2 cm³/mol. The Labute approximate surface area is 88.6 Å². The van der Waals surface area contributed by atoms with E-state index in [2.05, 4.69) is 16.6 Å². The molecule has 0 atom stereocenters. The van der Waals surface area contributed by atoms with Gasteiger partial charge < -0.3 is 4.52 Å². The van der Waals surface area contributed by atoms with Crippen molar-refractivity contribution >= 4 is 5.78 Å². The maximum absolute atomic E-state index is 11.6. The Kier molecular flexibility index (Phi) is 4.34. The molecule has 4 heteroatoms. The van der Waals surface area contributed by atoms with Crippen LogP contribution >= 0.6 is 0 Å². The van der Waals surface area contributed by atoms with Crippen molar-refractivity contribution in [2.75, 3.05) is 0 Å². The van der Waals surface area contributed by atoms with Crippen molar-refractivity contribution in [1.29, 1.82) is 0 Å². The van der Waals surface area contributed by atoms with Gasteiger partial charge in [-0.2, -0.15) is 0 Å². The molecule has 1 heterocycles. The number of nitrogens with one attached hydrogen (secondary N) is 1. The minimum atomic E-state index is -0.452. The Bertz CT molecular complexity index is 375. The molecular formula is C11H17NO3. The summed E-state index contributed by atoms with van der Waals surface area (Å²) in [6, 6.07) is 0. The summed E-state index contributed by atoms with van der Waals surface area (Å²) in [5.41, 5.74) is 0.263. The third kappa shape index (κ3) is 3.08. The minimum absolute atomic E-state index is 0.0329. The third-order valence-corrected chi connectivity index (χ3v) is 2.46. The lowest BCUT2D eigenvalue weighted by Crippen LogP contribution is -2.04. The van der Waals surface area contributed by atoms with E-state index in [1.165, 1.54) is 0 Å². The second-order valence-corrected chi connectivity index (χ2v) is 3.73. The molecule has 1 rings (SSSR count). The third-order valence-electron chi connectivity index (χ3n) is 2.46. The van der Waals surface area contributed by atoms with Crippen molar-refractivity contribution in [2.45, 2.75) is 46.0 Å². The zero-order valence-electron chi connectivity index (χ0n) is 9.26. The smallest absolute Gasteiger partial charge is 0.338 e. The minimum Gasteiger partial charge on any atom is -0.338 e. The van der Waals surface area contributed by atoms with Crippen LogP contribution in [0.15, 0.2) is 9.32 Å². The Morgan fingerprint density at radius 3 is 2.60 bits per heavy atom. The molecule has 4 nitrogen and oxygen atoms in total. The highest BCUT2D eigenvalue weighted by molar-refractivity contribution is 5.95. The van der Waals surface area contributed by atoms with Crippen molar-refractivity contribution in [1.82, 2.24) is 5.16 Å². The number of carbonyl (C=O) groups excluding carboxylic acids is 1. The molecular weight excluding hydrogens is 194 g/mol. The largest absolute Gasteiger partial charge is 0.360 e. The molecule has 0 fully saturated rings. The molecule has 0 aromatic carbocycles. The summed E-state index contributed by atoms with van der Waals surface area (Å²) in [4.78, 5) is 22.6. The Hall–Kier alpha value is -1.32. The van der Waals surface area contributed by atoms with E-state index < -0.39 is 5.63 Å². The summed E-state index contributed by atoms with van der Waals surface area (Å²) in [5, 5.41) is 2.38. The first-order chi connectivity index (χ1) is 7.16. The van der Waals surface area contributed by atoms with Crippen molar-refractivity contribution in [3.63, 3.8) is 0 Å². The molecule has 0 spiro atoms. The summed E-state index contributed by atoms with van der Waals surface area (Å²) in [7, 11) is 0. The van der Waals surface area contributed by atoms with Gasteiger partial charge in [-0.25, -0.2) is 9.95 Å². The molecule has 15 heavy (non-hydrogen) atoms. The molecule has 0 amide bonds. The van der Waals surface area contributed by atoms with Gasteiger partial charge in [0.25, 0.3) is 0 Å². The van der Waals surface area contributed by atoms with E-state index in [-0.39, 0.29) is 5.78 Å². The Balaban J connectivity index is 2.47. The second kappa shape index (κ2) is 5.53. The Morgan fingerprint density at radius 1 is 1.33 bits per heavy atom. The quantitative estimate of drug-likeness (QED) is 0.580. The van der Waals surface area contributed by atoms with Crippen LogP contribution in [0, 0.1) is 6.92 Å². The van der Waals surface area contributed by atoms with Crippen molar-refractivity contribution < 1.29 is 9.32 Å². The second-order valence-electron chi connectivity index (χ2n) is 3.73. The van der Waals surface area contributed by atoms with Gasteiger partial charge in [-0.15, -0.1) is 0 Å². The fourth-order valence-electron chi connectivity index (χ4n) is 1.46. The van der Waals surface area contributed by atoms with Crippen LogP contribution in [0.3, 0.4) is 0 Å². The lowest BCUT2D eigenvalue weighted by molar-refractivity contribution is 0.0969. The fraction of sp³-hybridized carbons (Fsp3) is 0.636. The first kappa shape index (κ1) is 11.8.